The molecule has 1 N–H and O–H groups in total. The number of rotatable bonds is 17. The SMILES string of the molecule is COc1cc(C(=O)OCCN(CCOC(=O)c2cc(OC)c(OC)c(OC)c2)CCS(=O)(=O)O)cc(OC)c1OC. The molecule has 228 valence electrons. The zero-order chi connectivity index (χ0) is 30.6. The Morgan fingerprint density at radius 2 is 0.976 bits per heavy atom. The van der Waals surface area contributed by atoms with Crippen molar-refractivity contribution in [3.05, 3.63) is 35.4 Å². The highest BCUT2D eigenvalue weighted by molar-refractivity contribution is 7.85. The minimum atomic E-state index is -4.27. The maximum absolute atomic E-state index is 12.7. The van der Waals surface area contributed by atoms with Crippen LogP contribution in [0.3, 0.4) is 0 Å². The first-order chi connectivity index (χ1) is 19.5. The van der Waals surface area contributed by atoms with Gasteiger partial charge in [0.05, 0.1) is 59.5 Å². The van der Waals surface area contributed by atoms with Crippen LogP contribution >= 0.6 is 0 Å². The van der Waals surface area contributed by atoms with Gasteiger partial charge in [-0.15, -0.1) is 0 Å². The van der Waals surface area contributed by atoms with Crippen molar-refractivity contribution in [3.63, 3.8) is 0 Å². The Morgan fingerprint density at radius 1 is 0.634 bits per heavy atom. The highest BCUT2D eigenvalue weighted by Gasteiger charge is 2.20. The number of nitrogens with zero attached hydrogens (tertiary/aromatic N) is 1. The Morgan fingerprint density at radius 3 is 1.24 bits per heavy atom. The summed E-state index contributed by atoms with van der Waals surface area (Å²) in [5.74, 6) is -0.266. The molecule has 0 saturated carbocycles. The van der Waals surface area contributed by atoms with Crippen molar-refractivity contribution >= 4 is 22.1 Å². The summed E-state index contributed by atoms with van der Waals surface area (Å²) in [6.07, 6.45) is 0. The van der Waals surface area contributed by atoms with Crippen molar-refractivity contribution in [2.24, 2.45) is 0 Å². The number of benzene rings is 2. The first-order valence-corrected chi connectivity index (χ1v) is 13.7. The molecule has 0 bridgehead atoms. The Hall–Kier alpha value is -3.95. The molecule has 0 aliphatic heterocycles. The van der Waals surface area contributed by atoms with Gasteiger partial charge in [0.25, 0.3) is 10.1 Å². The van der Waals surface area contributed by atoms with E-state index in [9.17, 15) is 22.6 Å². The topological polar surface area (TPSA) is 166 Å². The molecule has 2 aromatic rings. The van der Waals surface area contributed by atoms with Gasteiger partial charge in [-0.3, -0.25) is 9.45 Å². The van der Waals surface area contributed by atoms with E-state index < -0.39 is 27.8 Å². The number of hydrogen-bond acceptors (Lipinski definition) is 13. The fraction of sp³-hybridized carbons (Fsp3) is 0.462. The van der Waals surface area contributed by atoms with Crippen LogP contribution in [0, 0.1) is 0 Å². The molecule has 0 amide bonds. The Labute approximate surface area is 238 Å². The van der Waals surface area contributed by atoms with Gasteiger partial charge in [-0.25, -0.2) is 9.59 Å². The smallest absolute Gasteiger partial charge is 0.338 e. The molecule has 0 radical (unpaired) electrons. The van der Waals surface area contributed by atoms with E-state index in [0.717, 1.165) is 0 Å². The molecule has 15 heteroatoms. The first-order valence-electron chi connectivity index (χ1n) is 12.1. The lowest BCUT2D eigenvalue weighted by molar-refractivity contribution is 0.0400. The Kier molecular flexibility index (Phi) is 12.8. The van der Waals surface area contributed by atoms with E-state index in [4.69, 9.17) is 37.9 Å². The highest BCUT2D eigenvalue weighted by Crippen LogP contribution is 2.39. The molecule has 0 unspecified atom stereocenters. The van der Waals surface area contributed by atoms with Gasteiger partial charge in [0, 0.05) is 19.6 Å². The molecule has 2 rings (SSSR count). The molecular formula is C26H35NO13S. The number of carbonyl (C=O) groups is 2. The molecule has 14 nitrogen and oxygen atoms in total. The first kappa shape index (κ1) is 33.3. The maximum atomic E-state index is 12.7. The van der Waals surface area contributed by atoms with Crippen LogP contribution < -0.4 is 28.4 Å². The molecule has 0 fully saturated rings. The average molecular weight is 602 g/mol. The second-order valence-electron chi connectivity index (χ2n) is 8.23. The number of ether oxygens (including phenoxy) is 8. The summed E-state index contributed by atoms with van der Waals surface area (Å²) in [7, 11) is 4.24. The molecule has 0 heterocycles. The van der Waals surface area contributed by atoms with Crippen molar-refractivity contribution in [1.82, 2.24) is 4.90 Å². The van der Waals surface area contributed by atoms with Crippen LogP contribution in [0.25, 0.3) is 0 Å². The van der Waals surface area contributed by atoms with Gasteiger partial charge in [-0.2, -0.15) is 8.42 Å². The predicted molar refractivity (Wildman–Crippen MR) is 146 cm³/mol. The van der Waals surface area contributed by atoms with Gasteiger partial charge in [0.2, 0.25) is 11.5 Å². The molecule has 0 aromatic heterocycles. The van der Waals surface area contributed by atoms with Gasteiger partial charge in [-0.1, -0.05) is 0 Å². The standard InChI is InChI=1S/C26H35NO13S/c1-33-19-13-17(14-20(34-2)23(19)37-5)25(28)39-10-7-27(9-12-41(30,31)32)8-11-40-26(29)18-15-21(35-3)24(38-6)22(16-18)36-4/h13-16H,7-12H2,1-6H3,(H,30,31,32). The number of carbonyl (C=O) groups excluding carboxylic acids is 2. The Balaban J connectivity index is 2.04. The summed E-state index contributed by atoms with van der Waals surface area (Å²) in [6.45, 7) is -0.229. The molecule has 0 aliphatic rings. The van der Waals surface area contributed by atoms with Crippen molar-refractivity contribution in [1.29, 1.82) is 0 Å². The van der Waals surface area contributed by atoms with E-state index in [1.165, 1.54) is 66.9 Å². The number of esters is 2. The van der Waals surface area contributed by atoms with Crippen LogP contribution in [0.2, 0.25) is 0 Å². The number of methoxy groups -OCH3 is 6. The van der Waals surface area contributed by atoms with E-state index in [1.807, 2.05) is 0 Å². The maximum Gasteiger partial charge on any atom is 0.338 e. The normalized spacial score (nSPS) is 11.0. The quantitative estimate of drug-likeness (QED) is 0.206. The van der Waals surface area contributed by atoms with E-state index in [2.05, 4.69) is 0 Å². The van der Waals surface area contributed by atoms with E-state index in [-0.39, 0.29) is 67.0 Å². The Bertz CT molecular complexity index is 1160. The van der Waals surface area contributed by atoms with E-state index in [1.54, 1.807) is 4.90 Å². The molecular weight excluding hydrogens is 566 g/mol. The summed E-state index contributed by atoms with van der Waals surface area (Å²) in [5, 5.41) is 0. The summed E-state index contributed by atoms with van der Waals surface area (Å²) < 4.78 is 73.9. The van der Waals surface area contributed by atoms with Crippen molar-refractivity contribution in [2.75, 3.05) is 81.3 Å². The van der Waals surface area contributed by atoms with Gasteiger partial charge < -0.3 is 37.9 Å². The lowest BCUT2D eigenvalue weighted by atomic mass is 10.2. The van der Waals surface area contributed by atoms with Crippen molar-refractivity contribution in [3.8, 4) is 34.5 Å². The zero-order valence-corrected chi connectivity index (χ0v) is 24.6. The lowest BCUT2D eigenvalue weighted by Gasteiger charge is -2.21. The molecule has 0 saturated heterocycles. The molecule has 0 aliphatic carbocycles. The fourth-order valence-electron chi connectivity index (χ4n) is 3.68. The predicted octanol–water partition coefficient (Wildman–Crippen LogP) is 1.94. The van der Waals surface area contributed by atoms with Crippen LogP contribution in [0.15, 0.2) is 24.3 Å². The van der Waals surface area contributed by atoms with Crippen LogP contribution in [-0.4, -0.2) is 111 Å². The summed E-state index contributed by atoms with van der Waals surface area (Å²) >= 11 is 0. The third-order valence-corrected chi connectivity index (χ3v) is 6.45. The largest absolute Gasteiger partial charge is 0.493 e. The second-order valence-corrected chi connectivity index (χ2v) is 9.80. The summed E-state index contributed by atoms with van der Waals surface area (Å²) in [4.78, 5) is 26.9. The average Bonchev–Trinajstić information content (AvgIpc) is 2.96. The number of hydrogen-bond donors (Lipinski definition) is 1. The van der Waals surface area contributed by atoms with E-state index in [0.29, 0.717) is 11.5 Å². The minimum absolute atomic E-state index is 0.0768. The fourth-order valence-corrected chi connectivity index (χ4v) is 4.17. The van der Waals surface area contributed by atoms with Crippen molar-refractivity contribution < 1.29 is 60.5 Å². The summed E-state index contributed by atoms with van der Waals surface area (Å²) in [5.41, 5.74) is 0.284. The zero-order valence-electron chi connectivity index (χ0n) is 23.8. The second kappa shape index (κ2) is 15.7. The molecule has 41 heavy (non-hydrogen) atoms. The van der Waals surface area contributed by atoms with Crippen molar-refractivity contribution in [2.45, 2.75) is 0 Å². The minimum Gasteiger partial charge on any atom is -0.493 e. The van der Waals surface area contributed by atoms with Crippen LogP contribution in [0.5, 0.6) is 34.5 Å². The third-order valence-electron chi connectivity index (χ3n) is 5.75. The third kappa shape index (κ3) is 9.58. The summed E-state index contributed by atoms with van der Waals surface area (Å²) in [6, 6.07) is 5.73. The van der Waals surface area contributed by atoms with Crippen LogP contribution in [-0.2, 0) is 19.6 Å². The monoisotopic (exact) mass is 601 g/mol. The van der Waals surface area contributed by atoms with Gasteiger partial charge in [0.15, 0.2) is 23.0 Å². The van der Waals surface area contributed by atoms with Gasteiger partial charge in [-0.05, 0) is 24.3 Å². The van der Waals surface area contributed by atoms with Crippen LogP contribution in [0.4, 0.5) is 0 Å². The van der Waals surface area contributed by atoms with Crippen LogP contribution in [0.1, 0.15) is 20.7 Å². The highest BCUT2D eigenvalue weighted by atomic mass is 32.2. The molecule has 0 atom stereocenters. The van der Waals surface area contributed by atoms with E-state index >= 15 is 0 Å². The lowest BCUT2D eigenvalue weighted by Crippen LogP contribution is -2.35. The molecule has 0 spiro atoms. The van der Waals surface area contributed by atoms with Gasteiger partial charge in [0.1, 0.15) is 13.2 Å². The molecule has 2 aromatic carbocycles. The van der Waals surface area contributed by atoms with Gasteiger partial charge >= 0.3 is 11.9 Å².